The number of nitrogens with one attached hydrogen (secondary N) is 1. The summed E-state index contributed by atoms with van der Waals surface area (Å²) in [7, 11) is 4.16. The lowest BCUT2D eigenvalue weighted by molar-refractivity contribution is 0.220. The van der Waals surface area contributed by atoms with Gasteiger partial charge in [-0.2, -0.15) is 5.10 Å². The Hall–Kier alpha value is -0.870. The minimum Gasteiger partial charge on any atom is -0.315 e. The topological polar surface area (TPSA) is 33.1 Å². The van der Waals surface area contributed by atoms with Gasteiger partial charge in [0.1, 0.15) is 0 Å². The third kappa shape index (κ3) is 5.19. The molecule has 18 heavy (non-hydrogen) atoms. The summed E-state index contributed by atoms with van der Waals surface area (Å²) in [5.41, 5.74) is 1.28. The van der Waals surface area contributed by atoms with Gasteiger partial charge in [0, 0.05) is 37.9 Å². The van der Waals surface area contributed by atoms with E-state index in [2.05, 4.69) is 49.3 Å². The Labute approximate surface area is 111 Å². The molecule has 1 aromatic heterocycles. The van der Waals surface area contributed by atoms with Gasteiger partial charge in [-0.15, -0.1) is 0 Å². The van der Waals surface area contributed by atoms with Gasteiger partial charge < -0.3 is 5.32 Å². The molecular weight excluding hydrogens is 224 g/mol. The van der Waals surface area contributed by atoms with E-state index in [0.29, 0.717) is 12.0 Å². The number of nitrogens with zero attached hydrogens (tertiary/aromatic N) is 3. The fourth-order valence-corrected chi connectivity index (χ4v) is 2.12. The van der Waals surface area contributed by atoms with Gasteiger partial charge in [0.15, 0.2) is 0 Å². The molecule has 0 radical (unpaired) electrons. The lowest BCUT2D eigenvalue weighted by atomic mass is 10.1. The summed E-state index contributed by atoms with van der Waals surface area (Å²) in [5, 5.41) is 7.76. The van der Waals surface area contributed by atoms with Crippen LogP contribution in [-0.4, -0.2) is 40.9 Å². The second-order valence-corrected chi connectivity index (χ2v) is 5.55. The van der Waals surface area contributed by atoms with Crippen molar-refractivity contribution in [2.24, 2.45) is 13.0 Å². The van der Waals surface area contributed by atoms with E-state index in [1.165, 1.54) is 12.0 Å². The van der Waals surface area contributed by atoms with E-state index in [4.69, 9.17) is 0 Å². The fraction of sp³-hybridized carbons (Fsp3) is 0.786. The van der Waals surface area contributed by atoms with Crippen LogP contribution in [0, 0.1) is 5.92 Å². The number of likely N-dealkylation sites (N-methyl/N-ethyl adjacent to an activating group) is 1. The summed E-state index contributed by atoms with van der Waals surface area (Å²) in [6.45, 7) is 9.86. The number of hydrogen-bond donors (Lipinski definition) is 1. The van der Waals surface area contributed by atoms with E-state index in [0.717, 1.165) is 19.6 Å². The molecule has 104 valence electrons. The van der Waals surface area contributed by atoms with Crippen LogP contribution in [-0.2, 0) is 13.6 Å². The molecule has 0 saturated carbocycles. The fourth-order valence-electron chi connectivity index (χ4n) is 2.12. The van der Waals surface area contributed by atoms with Crippen LogP contribution >= 0.6 is 0 Å². The molecule has 1 rings (SSSR count). The number of hydrogen-bond acceptors (Lipinski definition) is 3. The maximum absolute atomic E-state index is 4.21. The highest BCUT2D eigenvalue weighted by Crippen LogP contribution is 2.07. The number of aryl methyl sites for hydroxylation is 1. The van der Waals surface area contributed by atoms with E-state index in [1.807, 2.05) is 17.9 Å². The Morgan fingerprint density at radius 2 is 2.11 bits per heavy atom. The first-order valence-electron chi connectivity index (χ1n) is 6.91. The molecule has 1 unspecified atom stereocenters. The Morgan fingerprint density at radius 3 is 2.61 bits per heavy atom. The highest BCUT2D eigenvalue weighted by atomic mass is 15.2. The van der Waals surface area contributed by atoms with Crippen LogP contribution in [0.15, 0.2) is 12.4 Å². The number of rotatable bonds is 8. The smallest absolute Gasteiger partial charge is 0.0534 e. The van der Waals surface area contributed by atoms with Crippen molar-refractivity contribution < 1.29 is 0 Å². The molecule has 1 atom stereocenters. The molecule has 0 aliphatic heterocycles. The molecule has 0 aromatic carbocycles. The van der Waals surface area contributed by atoms with E-state index in [9.17, 15) is 0 Å². The zero-order valence-corrected chi connectivity index (χ0v) is 12.5. The zero-order valence-electron chi connectivity index (χ0n) is 12.5. The molecule has 4 nitrogen and oxygen atoms in total. The maximum atomic E-state index is 4.21. The zero-order chi connectivity index (χ0) is 13.5. The van der Waals surface area contributed by atoms with Gasteiger partial charge in [-0.3, -0.25) is 9.58 Å². The Morgan fingerprint density at radius 1 is 1.39 bits per heavy atom. The quantitative estimate of drug-likeness (QED) is 0.767. The van der Waals surface area contributed by atoms with Gasteiger partial charge in [-0.05, 0) is 25.9 Å². The van der Waals surface area contributed by atoms with Crippen LogP contribution in [0.25, 0.3) is 0 Å². The van der Waals surface area contributed by atoms with Crippen LogP contribution in [0.1, 0.15) is 32.8 Å². The van der Waals surface area contributed by atoms with Crippen molar-refractivity contribution in [3.63, 3.8) is 0 Å². The van der Waals surface area contributed by atoms with E-state index in [-0.39, 0.29) is 0 Å². The molecule has 0 bridgehead atoms. The first-order valence-corrected chi connectivity index (χ1v) is 6.91. The Balaban J connectivity index is 2.39. The largest absolute Gasteiger partial charge is 0.315 e. The van der Waals surface area contributed by atoms with Gasteiger partial charge in [0.2, 0.25) is 0 Å². The second-order valence-electron chi connectivity index (χ2n) is 5.55. The molecular formula is C14H28N4. The first kappa shape index (κ1) is 15.2. The van der Waals surface area contributed by atoms with Crippen molar-refractivity contribution in [2.75, 3.05) is 20.1 Å². The molecule has 0 aliphatic carbocycles. The lowest BCUT2D eigenvalue weighted by Crippen LogP contribution is -2.40. The highest BCUT2D eigenvalue weighted by molar-refractivity contribution is 5.03. The molecule has 1 N–H and O–H groups in total. The molecule has 4 heteroatoms. The lowest BCUT2D eigenvalue weighted by Gasteiger charge is -2.27. The predicted octanol–water partition coefficient (Wildman–Crippen LogP) is 1.88. The second kappa shape index (κ2) is 7.54. The predicted molar refractivity (Wildman–Crippen MR) is 76.5 cm³/mol. The van der Waals surface area contributed by atoms with Gasteiger partial charge in [-0.1, -0.05) is 20.8 Å². The van der Waals surface area contributed by atoms with Crippen LogP contribution < -0.4 is 5.32 Å². The van der Waals surface area contributed by atoms with E-state index >= 15 is 0 Å². The molecule has 0 aliphatic rings. The molecule has 1 aromatic rings. The summed E-state index contributed by atoms with van der Waals surface area (Å²) >= 11 is 0. The maximum Gasteiger partial charge on any atom is 0.0534 e. The Bertz CT molecular complexity index is 332. The van der Waals surface area contributed by atoms with Crippen molar-refractivity contribution >= 4 is 0 Å². The molecule has 1 heterocycles. The van der Waals surface area contributed by atoms with Crippen molar-refractivity contribution in [1.82, 2.24) is 20.0 Å². The average Bonchev–Trinajstić information content (AvgIpc) is 2.69. The van der Waals surface area contributed by atoms with Crippen molar-refractivity contribution in [2.45, 2.75) is 39.8 Å². The molecule has 0 spiro atoms. The summed E-state index contributed by atoms with van der Waals surface area (Å²) in [6.07, 6.45) is 5.21. The normalized spacial score (nSPS) is 13.5. The third-order valence-corrected chi connectivity index (χ3v) is 3.22. The summed E-state index contributed by atoms with van der Waals surface area (Å²) < 4.78 is 1.86. The molecule has 0 fully saturated rings. The summed E-state index contributed by atoms with van der Waals surface area (Å²) in [5.74, 6) is 0.714. The summed E-state index contributed by atoms with van der Waals surface area (Å²) in [4.78, 5) is 2.41. The minimum atomic E-state index is 0.587. The third-order valence-electron chi connectivity index (χ3n) is 3.22. The van der Waals surface area contributed by atoms with E-state index in [1.54, 1.807) is 0 Å². The SMILES string of the molecule is CCC(CNCC(C)C)N(C)Cc1cnn(C)c1. The van der Waals surface area contributed by atoms with Crippen LogP contribution in [0.5, 0.6) is 0 Å². The average molecular weight is 252 g/mol. The van der Waals surface area contributed by atoms with Crippen LogP contribution in [0.4, 0.5) is 0 Å². The number of aromatic nitrogens is 2. The molecule has 0 saturated heterocycles. The summed E-state index contributed by atoms with van der Waals surface area (Å²) in [6, 6.07) is 0.587. The van der Waals surface area contributed by atoms with Crippen molar-refractivity contribution in [3.05, 3.63) is 18.0 Å². The van der Waals surface area contributed by atoms with Crippen LogP contribution in [0.2, 0.25) is 0 Å². The van der Waals surface area contributed by atoms with Gasteiger partial charge >= 0.3 is 0 Å². The monoisotopic (exact) mass is 252 g/mol. The van der Waals surface area contributed by atoms with Crippen LogP contribution in [0.3, 0.4) is 0 Å². The van der Waals surface area contributed by atoms with E-state index < -0.39 is 0 Å². The minimum absolute atomic E-state index is 0.587. The standard InChI is InChI=1S/C14H28N4/c1-6-14(9-15-7-12(2)3)17(4)10-13-8-16-18(5)11-13/h8,11-12,14-15H,6-7,9-10H2,1-5H3. The first-order chi connectivity index (χ1) is 8.52. The van der Waals surface area contributed by atoms with Gasteiger partial charge in [0.25, 0.3) is 0 Å². The van der Waals surface area contributed by atoms with Crippen molar-refractivity contribution in [1.29, 1.82) is 0 Å². The van der Waals surface area contributed by atoms with Crippen molar-refractivity contribution in [3.8, 4) is 0 Å². The van der Waals surface area contributed by atoms with Gasteiger partial charge in [0.05, 0.1) is 6.20 Å². The van der Waals surface area contributed by atoms with Gasteiger partial charge in [-0.25, -0.2) is 0 Å². The Kier molecular flexibility index (Phi) is 6.36. The molecule has 0 amide bonds. The highest BCUT2D eigenvalue weighted by Gasteiger charge is 2.13.